The van der Waals surface area contributed by atoms with E-state index in [4.69, 9.17) is 10.9 Å². The Morgan fingerprint density at radius 1 is 1.13 bits per heavy atom. The van der Waals surface area contributed by atoms with Crippen molar-refractivity contribution in [2.45, 2.75) is 44.7 Å². The standard InChI is InChI=1S/C23H28N4O3/c1-15(22(28)25-14-16-7-9-18(10-8-16)21(24)27-30)26-23(29)20-12-11-19(13-20)17-5-3-2-4-6-17/h2-10,15,19-20,30H,11-14H2,1H3,(H2,24,27)(H,25,28)(H,26,29)/t15-,19+,20+/m0/s1. The maximum atomic E-state index is 12.6. The van der Waals surface area contributed by atoms with Gasteiger partial charge in [-0.2, -0.15) is 0 Å². The van der Waals surface area contributed by atoms with Crippen molar-refractivity contribution in [3.63, 3.8) is 0 Å². The van der Waals surface area contributed by atoms with Crippen molar-refractivity contribution in [3.05, 3.63) is 71.3 Å². The first-order valence-corrected chi connectivity index (χ1v) is 10.2. The lowest BCUT2D eigenvalue weighted by Crippen LogP contribution is -2.46. The molecule has 1 aliphatic carbocycles. The highest BCUT2D eigenvalue weighted by molar-refractivity contribution is 5.97. The number of nitrogens with one attached hydrogen (secondary N) is 2. The maximum Gasteiger partial charge on any atom is 0.242 e. The van der Waals surface area contributed by atoms with E-state index in [-0.39, 0.29) is 23.6 Å². The molecule has 7 nitrogen and oxygen atoms in total. The molecule has 0 saturated heterocycles. The quantitative estimate of drug-likeness (QED) is 0.244. The van der Waals surface area contributed by atoms with Gasteiger partial charge in [0.15, 0.2) is 5.84 Å². The molecule has 0 aromatic heterocycles. The fourth-order valence-electron chi connectivity index (χ4n) is 3.84. The zero-order valence-corrected chi connectivity index (χ0v) is 17.0. The molecule has 2 amide bonds. The largest absolute Gasteiger partial charge is 0.409 e. The van der Waals surface area contributed by atoms with Crippen LogP contribution in [-0.4, -0.2) is 28.9 Å². The van der Waals surface area contributed by atoms with Crippen LogP contribution < -0.4 is 16.4 Å². The van der Waals surface area contributed by atoms with Crippen molar-refractivity contribution in [2.75, 3.05) is 0 Å². The van der Waals surface area contributed by atoms with Gasteiger partial charge in [-0.15, -0.1) is 0 Å². The number of oxime groups is 1. The number of benzene rings is 2. The maximum absolute atomic E-state index is 12.6. The highest BCUT2D eigenvalue weighted by atomic mass is 16.4. The number of carbonyl (C=O) groups excluding carboxylic acids is 2. The number of nitrogens with zero attached hydrogens (tertiary/aromatic N) is 1. The van der Waals surface area contributed by atoms with Gasteiger partial charge < -0.3 is 21.6 Å². The molecule has 2 aromatic carbocycles. The van der Waals surface area contributed by atoms with Crippen molar-refractivity contribution >= 4 is 17.6 Å². The first-order chi connectivity index (χ1) is 14.5. The molecular weight excluding hydrogens is 380 g/mol. The molecule has 5 N–H and O–H groups in total. The molecule has 0 aliphatic heterocycles. The van der Waals surface area contributed by atoms with Crippen LogP contribution >= 0.6 is 0 Å². The van der Waals surface area contributed by atoms with Gasteiger partial charge in [0.05, 0.1) is 0 Å². The Kier molecular flexibility index (Phi) is 7.06. The summed E-state index contributed by atoms with van der Waals surface area (Å²) in [7, 11) is 0. The Bertz CT molecular complexity index is 896. The molecule has 158 valence electrons. The molecule has 1 aliphatic rings. The highest BCUT2D eigenvalue weighted by Crippen LogP contribution is 2.38. The monoisotopic (exact) mass is 408 g/mol. The number of amidine groups is 1. The van der Waals surface area contributed by atoms with Gasteiger partial charge in [0, 0.05) is 18.0 Å². The van der Waals surface area contributed by atoms with Crippen LogP contribution in [-0.2, 0) is 16.1 Å². The van der Waals surface area contributed by atoms with Gasteiger partial charge in [-0.05, 0) is 43.2 Å². The lowest BCUT2D eigenvalue weighted by atomic mass is 9.96. The van der Waals surface area contributed by atoms with Crippen LogP contribution in [0.5, 0.6) is 0 Å². The van der Waals surface area contributed by atoms with Crippen LogP contribution in [0.25, 0.3) is 0 Å². The molecule has 0 heterocycles. The van der Waals surface area contributed by atoms with E-state index in [1.807, 2.05) is 18.2 Å². The number of hydrogen-bond donors (Lipinski definition) is 4. The minimum atomic E-state index is -0.607. The Labute approximate surface area is 176 Å². The fourth-order valence-corrected chi connectivity index (χ4v) is 3.84. The van der Waals surface area contributed by atoms with Gasteiger partial charge in [-0.25, -0.2) is 0 Å². The van der Waals surface area contributed by atoms with E-state index >= 15 is 0 Å². The van der Waals surface area contributed by atoms with Gasteiger partial charge in [0.25, 0.3) is 0 Å². The second kappa shape index (κ2) is 9.91. The smallest absolute Gasteiger partial charge is 0.242 e. The third-order valence-electron chi connectivity index (χ3n) is 5.65. The summed E-state index contributed by atoms with van der Waals surface area (Å²) in [5, 5.41) is 17.3. The molecule has 1 saturated carbocycles. The van der Waals surface area contributed by atoms with Crippen molar-refractivity contribution in [1.82, 2.24) is 10.6 Å². The summed E-state index contributed by atoms with van der Waals surface area (Å²) in [4.78, 5) is 25.0. The average Bonchev–Trinajstić information content (AvgIpc) is 3.28. The van der Waals surface area contributed by atoms with E-state index < -0.39 is 6.04 Å². The van der Waals surface area contributed by atoms with Crippen LogP contribution in [0.1, 0.15) is 48.8 Å². The minimum absolute atomic E-state index is 0.0309. The molecule has 0 radical (unpaired) electrons. The van der Waals surface area contributed by atoms with Crippen LogP contribution in [0.15, 0.2) is 59.8 Å². The summed E-state index contributed by atoms with van der Waals surface area (Å²) in [6.45, 7) is 2.02. The van der Waals surface area contributed by atoms with Crippen LogP contribution in [0, 0.1) is 5.92 Å². The van der Waals surface area contributed by atoms with E-state index in [2.05, 4.69) is 27.9 Å². The second-order valence-corrected chi connectivity index (χ2v) is 7.75. The van der Waals surface area contributed by atoms with Gasteiger partial charge in [-0.3, -0.25) is 9.59 Å². The normalized spacial score (nSPS) is 19.8. The van der Waals surface area contributed by atoms with E-state index in [0.29, 0.717) is 18.0 Å². The van der Waals surface area contributed by atoms with E-state index in [9.17, 15) is 9.59 Å². The topological polar surface area (TPSA) is 117 Å². The third-order valence-corrected chi connectivity index (χ3v) is 5.65. The number of nitrogens with two attached hydrogens (primary N) is 1. The van der Waals surface area contributed by atoms with E-state index in [0.717, 1.165) is 24.8 Å². The minimum Gasteiger partial charge on any atom is -0.409 e. The first-order valence-electron chi connectivity index (χ1n) is 10.2. The summed E-state index contributed by atoms with van der Waals surface area (Å²) in [5.74, 6) is 0.0830. The van der Waals surface area contributed by atoms with Crippen LogP contribution in [0.3, 0.4) is 0 Å². The molecule has 7 heteroatoms. The molecule has 30 heavy (non-hydrogen) atoms. The van der Waals surface area contributed by atoms with E-state index in [1.54, 1.807) is 31.2 Å². The summed E-state index contributed by atoms with van der Waals surface area (Å²) in [5.41, 5.74) is 8.28. The molecule has 0 spiro atoms. The summed E-state index contributed by atoms with van der Waals surface area (Å²) in [6.07, 6.45) is 2.65. The number of amides is 2. The average molecular weight is 409 g/mol. The molecule has 2 aromatic rings. The fraction of sp³-hybridized carbons (Fsp3) is 0.348. The van der Waals surface area contributed by atoms with Crippen LogP contribution in [0.2, 0.25) is 0 Å². The van der Waals surface area contributed by atoms with E-state index in [1.165, 1.54) is 5.56 Å². The summed E-state index contributed by atoms with van der Waals surface area (Å²) in [6, 6.07) is 16.7. The summed E-state index contributed by atoms with van der Waals surface area (Å²) >= 11 is 0. The van der Waals surface area contributed by atoms with Crippen molar-refractivity contribution < 1.29 is 14.8 Å². The predicted molar refractivity (Wildman–Crippen MR) is 115 cm³/mol. The van der Waals surface area contributed by atoms with Crippen molar-refractivity contribution in [1.29, 1.82) is 0 Å². The van der Waals surface area contributed by atoms with Crippen molar-refractivity contribution in [2.24, 2.45) is 16.8 Å². The van der Waals surface area contributed by atoms with Crippen molar-refractivity contribution in [3.8, 4) is 0 Å². The summed E-state index contributed by atoms with van der Waals surface area (Å²) < 4.78 is 0. The number of carbonyl (C=O) groups is 2. The highest BCUT2D eigenvalue weighted by Gasteiger charge is 2.31. The number of hydrogen-bond acceptors (Lipinski definition) is 4. The molecule has 1 fully saturated rings. The lowest BCUT2D eigenvalue weighted by molar-refractivity contribution is -0.130. The molecule has 0 unspecified atom stereocenters. The molecule has 0 bridgehead atoms. The molecule has 3 atom stereocenters. The third kappa shape index (κ3) is 5.37. The Balaban J connectivity index is 1.45. The molecular formula is C23H28N4O3. The van der Waals surface area contributed by atoms with Gasteiger partial charge in [0.1, 0.15) is 6.04 Å². The number of rotatable bonds is 7. The zero-order chi connectivity index (χ0) is 21.5. The Morgan fingerprint density at radius 3 is 2.50 bits per heavy atom. The van der Waals surface area contributed by atoms with Gasteiger partial charge in [0.2, 0.25) is 11.8 Å². The van der Waals surface area contributed by atoms with Gasteiger partial charge >= 0.3 is 0 Å². The Hall–Kier alpha value is -3.35. The van der Waals surface area contributed by atoms with Gasteiger partial charge in [-0.1, -0.05) is 59.8 Å². The van der Waals surface area contributed by atoms with Crippen LogP contribution in [0.4, 0.5) is 0 Å². The first kappa shape index (κ1) is 21.4. The zero-order valence-electron chi connectivity index (χ0n) is 17.0. The predicted octanol–water partition coefficient (Wildman–Crippen LogP) is 2.49. The SMILES string of the molecule is C[C@H](NC(=O)[C@@H]1CC[C@@H](c2ccccc2)C1)C(=O)NCc1ccc(C(N)=NO)cc1. The molecule has 3 rings (SSSR count). The Morgan fingerprint density at radius 2 is 1.83 bits per heavy atom. The second-order valence-electron chi connectivity index (χ2n) is 7.75. The lowest BCUT2D eigenvalue weighted by Gasteiger charge is -2.17.